The molecule has 2 saturated carbocycles. The van der Waals surface area contributed by atoms with Crippen LogP contribution in [0.1, 0.15) is 94.5 Å². The molecule has 2 nitrogen and oxygen atoms in total. The molecular formula is C57H36O2S. The van der Waals surface area contributed by atoms with Crippen molar-refractivity contribution >= 4 is 115 Å². The Hall–Kier alpha value is -5.51. The smallest absolute Gasteiger partial charge is 0.305 e. The predicted molar refractivity (Wildman–Crippen MR) is 244 cm³/mol. The van der Waals surface area contributed by atoms with Gasteiger partial charge in [0.15, 0.2) is 0 Å². The Labute approximate surface area is 347 Å². The van der Waals surface area contributed by atoms with Crippen molar-refractivity contribution < 1.29 is 9.53 Å². The highest BCUT2D eigenvalue weighted by Gasteiger charge is 2.86. The summed E-state index contributed by atoms with van der Waals surface area (Å²) in [6, 6.07) is 22.1. The van der Waals surface area contributed by atoms with Crippen molar-refractivity contribution in [2.45, 2.75) is 81.0 Å². The molecule has 0 radical (unpaired) electrons. The zero-order valence-electron chi connectivity index (χ0n) is 33.2. The Morgan fingerprint density at radius 2 is 1.47 bits per heavy atom. The Balaban J connectivity index is 0.953. The summed E-state index contributed by atoms with van der Waals surface area (Å²) in [5.41, 5.74) is 16.0. The number of thiophene rings is 1. The van der Waals surface area contributed by atoms with E-state index in [1.54, 1.807) is 152 Å². The molecule has 6 atom stereocenters. The van der Waals surface area contributed by atoms with Gasteiger partial charge in [-0.15, -0.1) is 0 Å². The second-order valence-corrected chi connectivity index (χ2v) is 22.0. The number of esters is 1. The van der Waals surface area contributed by atoms with E-state index in [2.05, 4.69) is 78.4 Å². The fourth-order valence-corrected chi connectivity index (χ4v) is 19.2. The molecule has 0 aliphatic heterocycles. The lowest BCUT2D eigenvalue weighted by Gasteiger charge is -2.45. The average molecular weight is 785 g/mol. The quantitative estimate of drug-likeness (QED) is 0.113. The molecule has 1 spiro atoms. The first-order valence-electron chi connectivity index (χ1n) is 22.8. The number of carbonyl (C=O) groups excluding carboxylic acids is 1. The lowest BCUT2D eigenvalue weighted by Crippen LogP contribution is -2.39. The van der Waals surface area contributed by atoms with Gasteiger partial charge in [0, 0.05) is 35.5 Å². The zero-order valence-corrected chi connectivity index (χ0v) is 34.1. The van der Waals surface area contributed by atoms with Crippen LogP contribution in [0, 0.1) is 11.3 Å². The van der Waals surface area contributed by atoms with E-state index in [0.29, 0.717) is 30.8 Å². The van der Waals surface area contributed by atoms with Crippen LogP contribution < -0.4 is 10.4 Å². The highest BCUT2D eigenvalue weighted by atomic mass is 32.1. The third kappa shape index (κ3) is 2.49. The van der Waals surface area contributed by atoms with E-state index in [1.807, 2.05) is 0 Å². The minimum atomic E-state index is -0.0553. The Morgan fingerprint density at radius 1 is 0.733 bits per heavy atom. The molecule has 11 aromatic rings. The van der Waals surface area contributed by atoms with E-state index in [4.69, 9.17) is 4.74 Å². The van der Waals surface area contributed by atoms with Crippen LogP contribution in [-0.4, -0.2) is 12.6 Å². The molecule has 0 saturated heterocycles. The first kappa shape index (κ1) is 29.7. The molecular weight excluding hydrogens is 749 g/mol. The van der Waals surface area contributed by atoms with Crippen molar-refractivity contribution in [3.05, 3.63) is 126 Å². The zero-order chi connectivity index (χ0) is 38.2. The van der Waals surface area contributed by atoms with Crippen molar-refractivity contribution in [2.75, 3.05) is 6.61 Å². The SMILES string of the molecule is CC12c3c4c5cc6c7c8c9c%10c(cc%11c%12c%13c(cc%14c%15c(c%16c3c(c47)c9c(c%12%10)c%16c%15%13)C1C1(CC2C=5)C%14C1(CCCC(=O)OCCc1ccsc1)c1ccccc1)C%11)CC=8C6. The van der Waals surface area contributed by atoms with Gasteiger partial charge in [-0.2, -0.15) is 11.3 Å². The Bertz CT molecular complexity index is 4120. The van der Waals surface area contributed by atoms with E-state index >= 15 is 0 Å². The summed E-state index contributed by atoms with van der Waals surface area (Å²) in [5, 5.41) is 33.7. The molecule has 0 amide bonds. The van der Waals surface area contributed by atoms with Gasteiger partial charge in [0.25, 0.3) is 0 Å². The second kappa shape index (κ2) is 8.52. The molecule has 8 aliphatic carbocycles. The number of rotatable bonds is 8. The molecule has 2 fully saturated rings. The van der Waals surface area contributed by atoms with Crippen molar-refractivity contribution in [3.63, 3.8) is 0 Å². The molecule has 19 rings (SSSR count). The average Bonchev–Trinajstić information content (AvgIpc) is 4.03. The van der Waals surface area contributed by atoms with Crippen LogP contribution in [0.5, 0.6) is 0 Å². The van der Waals surface area contributed by atoms with E-state index in [1.165, 1.54) is 17.5 Å². The van der Waals surface area contributed by atoms with Crippen LogP contribution in [-0.2, 0) is 46.0 Å². The van der Waals surface area contributed by atoms with Gasteiger partial charge in [-0.05, 0) is 213 Å². The van der Waals surface area contributed by atoms with Crippen molar-refractivity contribution in [1.29, 1.82) is 0 Å². The summed E-state index contributed by atoms with van der Waals surface area (Å²) in [6.07, 6.45) is 10.5. The fourth-order valence-electron chi connectivity index (χ4n) is 18.5. The number of benzene rings is 7. The summed E-state index contributed by atoms with van der Waals surface area (Å²) >= 11 is 1.71. The van der Waals surface area contributed by atoms with E-state index < -0.39 is 0 Å². The molecule has 8 aliphatic rings. The van der Waals surface area contributed by atoms with Gasteiger partial charge in [-0.3, -0.25) is 4.79 Å². The van der Waals surface area contributed by atoms with Crippen LogP contribution in [0.3, 0.4) is 0 Å². The lowest BCUT2D eigenvalue weighted by atomic mass is 9.57. The highest BCUT2D eigenvalue weighted by molar-refractivity contribution is 7.08. The van der Waals surface area contributed by atoms with Gasteiger partial charge in [-0.25, -0.2) is 0 Å². The molecule has 0 N–H and O–H groups in total. The normalized spacial score (nSPS) is 28.7. The number of ether oxygens (including phenoxy) is 1. The topological polar surface area (TPSA) is 26.3 Å². The van der Waals surface area contributed by atoms with Gasteiger partial charge in [-0.1, -0.05) is 67.1 Å². The number of hydrogen-bond acceptors (Lipinski definition) is 3. The van der Waals surface area contributed by atoms with Crippen molar-refractivity contribution in [3.8, 4) is 0 Å². The molecule has 6 unspecified atom stereocenters. The van der Waals surface area contributed by atoms with Crippen LogP contribution in [0.15, 0.2) is 65.4 Å². The second-order valence-electron chi connectivity index (χ2n) is 21.2. The van der Waals surface area contributed by atoms with Gasteiger partial charge in [0.1, 0.15) is 0 Å². The van der Waals surface area contributed by atoms with Gasteiger partial charge in [0.05, 0.1) is 6.61 Å². The molecule has 0 bridgehead atoms. The largest absolute Gasteiger partial charge is 0.465 e. The Kier molecular flexibility index (Phi) is 4.21. The molecule has 1 heterocycles. The fraction of sp³-hybridized carbons (Fsp3) is 0.281. The maximum absolute atomic E-state index is 13.5. The first-order chi connectivity index (χ1) is 29.5. The summed E-state index contributed by atoms with van der Waals surface area (Å²) < 4.78 is 5.93. The third-order valence-electron chi connectivity index (χ3n) is 19.6. The summed E-state index contributed by atoms with van der Waals surface area (Å²) in [4.78, 5) is 13.5. The van der Waals surface area contributed by atoms with E-state index in [9.17, 15) is 4.79 Å². The van der Waals surface area contributed by atoms with Gasteiger partial charge >= 0.3 is 5.97 Å². The monoisotopic (exact) mass is 784 g/mol. The predicted octanol–water partition coefficient (Wildman–Crippen LogP) is 11.5. The van der Waals surface area contributed by atoms with Crippen LogP contribution in [0.4, 0.5) is 0 Å². The molecule has 60 heavy (non-hydrogen) atoms. The van der Waals surface area contributed by atoms with Crippen LogP contribution in [0.2, 0.25) is 0 Å². The summed E-state index contributed by atoms with van der Waals surface area (Å²) in [7, 11) is 0. The highest BCUT2D eigenvalue weighted by Crippen LogP contribution is 2.93. The first-order valence-corrected chi connectivity index (χ1v) is 23.8. The number of fused-ring (bicyclic) bond motifs is 1. The van der Waals surface area contributed by atoms with E-state index in [0.717, 1.165) is 38.5 Å². The van der Waals surface area contributed by atoms with E-state index in [-0.39, 0.29) is 22.2 Å². The minimum absolute atomic E-state index is 0.0104. The molecule has 3 heteroatoms. The standard InChI is InChI=1S/C57H36O2S/c1-55-31-19-28-17-25-14-24-15-27-16-26-18-29-20-32-40-44-37(29)35(26)41-38(27)42-34(24)36(25)43-39(28)52(55)50-48(43)46(42)45(41)47(44)49(50)51(40)54(55)57(21-31)53(32)56(57,30-6-3-2-4-7-30)11-5-8-33(58)59-12-9-23-10-13-60-22-23/h2-4,6-7,10,13,16-17,19-20,22,31,53-54H,5,8-9,11-12,14-15,18,21H2,1H3. The number of carbonyl (C=O) groups is 1. The van der Waals surface area contributed by atoms with Crippen molar-refractivity contribution in [2.24, 2.45) is 11.3 Å². The Morgan fingerprint density at radius 3 is 2.33 bits per heavy atom. The van der Waals surface area contributed by atoms with Crippen molar-refractivity contribution in [1.82, 2.24) is 0 Å². The van der Waals surface area contributed by atoms with Gasteiger partial charge < -0.3 is 4.74 Å². The summed E-state index contributed by atoms with van der Waals surface area (Å²) in [6.45, 7) is 3.23. The van der Waals surface area contributed by atoms with Crippen LogP contribution >= 0.6 is 11.3 Å². The maximum Gasteiger partial charge on any atom is 0.305 e. The van der Waals surface area contributed by atoms with Crippen LogP contribution in [0.25, 0.3) is 97.8 Å². The maximum atomic E-state index is 13.5. The minimum Gasteiger partial charge on any atom is -0.465 e. The molecule has 10 aromatic carbocycles. The third-order valence-corrected chi connectivity index (χ3v) is 20.4. The summed E-state index contributed by atoms with van der Waals surface area (Å²) in [5.74, 6) is 1.28. The van der Waals surface area contributed by atoms with Gasteiger partial charge in [0.2, 0.25) is 0 Å². The lowest BCUT2D eigenvalue weighted by molar-refractivity contribution is -0.143. The molecule has 282 valence electrons. The molecule has 1 aromatic heterocycles. The number of hydrogen-bond donors (Lipinski definition) is 0.